The fourth-order valence-corrected chi connectivity index (χ4v) is 2.34. The van der Waals surface area contributed by atoms with E-state index in [-0.39, 0.29) is 0 Å². The van der Waals surface area contributed by atoms with Gasteiger partial charge in [-0.1, -0.05) is 15.9 Å². The molecular formula is C15H17BrN2O. The van der Waals surface area contributed by atoms with Gasteiger partial charge in [0.2, 0.25) is 5.88 Å². The van der Waals surface area contributed by atoms with Gasteiger partial charge in [-0.25, -0.2) is 4.98 Å². The Morgan fingerprint density at radius 3 is 2.63 bits per heavy atom. The number of benzene rings is 1. The molecule has 4 heteroatoms. The minimum absolute atomic E-state index is 0.658. The molecule has 2 aromatic rings. The highest BCUT2D eigenvalue weighted by atomic mass is 79.9. The van der Waals surface area contributed by atoms with E-state index in [0.29, 0.717) is 5.88 Å². The van der Waals surface area contributed by atoms with E-state index in [0.717, 1.165) is 33.5 Å². The molecule has 0 atom stereocenters. The van der Waals surface area contributed by atoms with Crippen LogP contribution in [0.1, 0.15) is 16.7 Å². The molecule has 1 aromatic carbocycles. The molecule has 19 heavy (non-hydrogen) atoms. The topological polar surface area (TPSA) is 34.2 Å². The molecule has 1 aromatic heterocycles. The van der Waals surface area contributed by atoms with Crippen molar-refractivity contribution in [1.82, 2.24) is 10.3 Å². The molecule has 0 saturated carbocycles. The van der Waals surface area contributed by atoms with Crippen molar-refractivity contribution in [2.45, 2.75) is 20.4 Å². The first-order valence-corrected chi connectivity index (χ1v) is 6.93. The van der Waals surface area contributed by atoms with E-state index in [1.54, 1.807) is 0 Å². The van der Waals surface area contributed by atoms with Crippen LogP contribution in [0.5, 0.6) is 11.6 Å². The summed E-state index contributed by atoms with van der Waals surface area (Å²) in [7, 11) is 1.92. The molecule has 1 N–H and O–H groups in total. The molecule has 3 nitrogen and oxygen atoms in total. The molecule has 0 saturated heterocycles. The average molecular weight is 321 g/mol. The summed E-state index contributed by atoms with van der Waals surface area (Å²) in [6, 6.07) is 8.03. The number of pyridine rings is 1. The first-order valence-electron chi connectivity index (χ1n) is 6.14. The van der Waals surface area contributed by atoms with E-state index in [9.17, 15) is 0 Å². The zero-order valence-electron chi connectivity index (χ0n) is 11.3. The third kappa shape index (κ3) is 3.55. The predicted molar refractivity (Wildman–Crippen MR) is 80.7 cm³/mol. The largest absolute Gasteiger partial charge is 0.438 e. The van der Waals surface area contributed by atoms with Gasteiger partial charge in [-0.2, -0.15) is 0 Å². The highest BCUT2D eigenvalue weighted by molar-refractivity contribution is 9.10. The maximum absolute atomic E-state index is 5.88. The molecule has 0 aliphatic carbocycles. The first-order chi connectivity index (χ1) is 9.10. The van der Waals surface area contributed by atoms with E-state index >= 15 is 0 Å². The van der Waals surface area contributed by atoms with Crippen LogP contribution in [0.2, 0.25) is 0 Å². The minimum Gasteiger partial charge on any atom is -0.438 e. The Morgan fingerprint density at radius 1 is 1.21 bits per heavy atom. The van der Waals surface area contributed by atoms with Crippen LogP contribution in [0.4, 0.5) is 0 Å². The SMILES string of the molecule is CNCc1cnc(Oc2ccc(Br)cc2C)c(C)c1. The normalized spacial score (nSPS) is 10.5. The maximum atomic E-state index is 5.88. The lowest BCUT2D eigenvalue weighted by Gasteiger charge is -2.11. The van der Waals surface area contributed by atoms with Crippen molar-refractivity contribution in [3.63, 3.8) is 0 Å². The number of hydrogen-bond donors (Lipinski definition) is 1. The van der Waals surface area contributed by atoms with Crippen molar-refractivity contribution in [2.24, 2.45) is 0 Å². The van der Waals surface area contributed by atoms with Gasteiger partial charge in [0.15, 0.2) is 0 Å². The molecule has 2 rings (SSSR count). The zero-order chi connectivity index (χ0) is 13.8. The standard InChI is InChI=1S/C15H17BrN2O/c1-10-7-13(16)4-5-14(10)19-15-11(2)6-12(8-17-3)9-18-15/h4-7,9,17H,8H2,1-3H3. The van der Waals surface area contributed by atoms with Gasteiger partial charge in [0.05, 0.1) is 0 Å². The van der Waals surface area contributed by atoms with Gasteiger partial charge in [-0.3, -0.25) is 0 Å². The van der Waals surface area contributed by atoms with Crippen LogP contribution in [0.25, 0.3) is 0 Å². The van der Waals surface area contributed by atoms with Crippen LogP contribution < -0.4 is 10.1 Å². The summed E-state index contributed by atoms with van der Waals surface area (Å²) in [5.74, 6) is 1.49. The second-order valence-corrected chi connectivity index (χ2v) is 5.42. The van der Waals surface area contributed by atoms with Gasteiger partial charge in [0.1, 0.15) is 5.75 Å². The average Bonchev–Trinajstić information content (AvgIpc) is 2.36. The monoisotopic (exact) mass is 320 g/mol. The van der Waals surface area contributed by atoms with Gasteiger partial charge in [0, 0.05) is 22.8 Å². The van der Waals surface area contributed by atoms with Gasteiger partial charge in [0.25, 0.3) is 0 Å². The first kappa shape index (κ1) is 14.0. The molecule has 100 valence electrons. The summed E-state index contributed by atoms with van der Waals surface area (Å²) in [4.78, 5) is 4.38. The number of aromatic nitrogens is 1. The molecule has 0 bridgehead atoms. The highest BCUT2D eigenvalue weighted by Crippen LogP contribution is 2.28. The number of rotatable bonds is 4. The van der Waals surface area contributed by atoms with Crippen LogP contribution in [0.15, 0.2) is 34.9 Å². The summed E-state index contributed by atoms with van der Waals surface area (Å²) in [6.45, 7) is 4.84. The van der Waals surface area contributed by atoms with Crippen molar-refractivity contribution < 1.29 is 4.74 Å². The summed E-state index contributed by atoms with van der Waals surface area (Å²) in [5, 5.41) is 3.11. The molecular weight excluding hydrogens is 304 g/mol. The molecule has 1 heterocycles. The van der Waals surface area contributed by atoms with Crippen molar-refractivity contribution in [2.75, 3.05) is 7.05 Å². The summed E-state index contributed by atoms with van der Waals surface area (Å²) in [5.41, 5.74) is 3.27. The predicted octanol–water partition coefficient (Wildman–Crippen LogP) is 3.97. The molecule has 0 fully saturated rings. The van der Waals surface area contributed by atoms with Crippen molar-refractivity contribution in [1.29, 1.82) is 0 Å². The Bertz CT molecular complexity index is 584. The number of nitrogens with zero attached hydrogens (tertiary/aromatic N) is 1. The van der Waals surface area contributed by atoms with Gasteiger partial charge in [-0.05, 0) is 56.3 Å². The summed E-state index contributed by atoms with van der Waals surface area (Å²) in [6.07, 6.45) is 1.84. The third-order valence-electron chi connectivity index (χ3n) is 2.81. The van der Waals surface area contributed by atoms with E-state index in [2.05, 4.69) is 32.3 Å². The van der Waals surface area contributed by atoms with Crippen LogP contribution in [-0.2, 0) is 6.54 Å². The third-order valence-corrected chi connectivity index (χ3v) is 3.30. The Morgan fingerprint density at radius 2 is 2.00 bits per heavy atom. The van der Waals surface area contributed by atoms with Gasteiger partial charge < -0.3 is 10.1 Å². The number of halogens is 1. The van der Waals surface area contributed by atoms with Crippen molar-refractivity contribution in [3.05, 3.63) is 51.6 Å². The van der Waals surface area contributed by atoms with Crippen LogP contribution in [0, 0.1) is 13.8 Å². The Kier molecular flexibility index (Phi) is 4.56. The van der Waals surface area contributed by atoms with E-state index < -0.39 is 0 Å². The van der Waals surface area contributed by atoms with E-state index in [1.165, 1.54) is 0 Å². The van der Waals surface area contributed by atoms with E-state index in [1.807, 2.05) is 45.3 Å². The van der Waals surface area contributed by atoms with Gasteiger partial charge in [-0.15, -0.1) is 0 Å². The molecule has 0 unspecified atom stereocenters. The smallest absolute Gasteiger partial charge is 0.222 e. The highest BCUT2D eigenvalue weighted by Gasteiger charge is 2.07. The lowest BCUT2D eigenvalue weighted by Crippen LogP contribution is -2.06. The number of hydrogen-bond acceptors (Lipinski definition) is 3. The Balaban J connectivity index is 2.23. The molecule has 0 radical (unpaired) electrons. The Hall–Kier alpha value is -1.39. The van der Waals surface area contributed by atoms with E-state index in [4.69, 9.17) is 4.74 Å². The summed E-state index contributed by atoms with van der Waals surface area (Å²) >= 11 is 3.44. The van der Waals surface area contributed by atoms with Crippen molar-refractivity contribution >= 4 is 15.9 Å². The molecule has 0 aliphatic heterocycles. The number of nitrogens with one attached hydrogen (secondary N) is 1. The zero-order valence-corrected chi connectivity index (χ0v) is 12.9. The molecule has 0 spiro atoms. The van der Waals surface area contributed by atoms with Crippen molar-refractivity contribution in [3.8, 4) is 11.6 Å². The summed E-state index contributed by atoms with van der Waals surface area (Å²) < 4.78 is 6.92. The lowest BCUT2D eigenvalue weighted by molar-refractivity contribution is 0.455. The van der Waals surface area contributed by atoms with Gasteiger partial charge >= 0.3 is 0 Å². The second kappa shape index (κ2) is 6.17. The minimum atomic E-state index is 0.658. The van der Waals surface area contributed by atoms with Crippen LogP contribution >= 0.6 is 15.9 Å². The fraction of sp³-hybridized carbons (Fsp3) is 0.267. The van der Waals surface area contributed by atoms with Crippen LogP contribution in [0.3, 0.4) is 0 Å². The Labute approximate surface area is 122 Å². The number of ether oxygens (including phenoxy) is 1. The maximum Gasteiger partial charge on any atom is 0.222 e. The van der Waals surface area contributed by atoms with Crippen LogP contribution in [-0.4, -0.2) is 12.0 Å². The second-order valence-electron chi connectivity index (χ2n) is 4.51. The molecule has 0 aliphatic rings. The molecule has 0 amide bonds. The fourth-order valence-electron chi connectivity index (χ4n) is 1.86. The quantitative estimate of drug-likeness (QED) is 0.925. The lowest BCUT2D eigenvalue weighted by atomic mass is 10.2. The number of aryl methyl sites for hydroxylation is 2.